The van der Waals surface area contributed by atoms with Crippen molar-refractivity contribution >= 4 is 17.2 Å². The normalized spacial score (nSPS) is 10.5. The number of ether oxygens (including phenoxy) is 1. The van der Waals surface area contributed by atoms with E-state index in [-0.39, 0.29) is 5.91 Å². The molecule has 1 amide bonds. The second-order valence-corrected chi connectivity index (χ2v) is 6.93. The van der Waals surface area contributed by atoms with Gasteiger partial charge in [-0.2, -0.15) is 0 Å². The van der Waals surface area contributed by atoms with Gasteiger partial charge in [-0.3, -0.25) is 9.78 Å². The minimum atomic E-state index is -0.0451. The van der Waals surface area contributed by atoms with E-state index in [1.165, 1.54) is 11.3 Å². The minimum absolute atomic E-state index is 0.0451. The number of likely N-dealkylation sites (N-methyl/N-ethyl adjacent to an activating group) is 1. The maximum atomic E-state index is 12.6. The lowest BCUT2D eigenvalue weighted by Gasteiger charge is -2.15. The van der Waals surface area contributed by atoms with Crippen molar-refractivity contribution in [3.05, 3.63) is 76.0 Å². The number of nitrogens with zero attached hydrogens (tertiary/aromatic N) is 3. The fourth-order valence-corrected chi connectivity index (χ4v) is 3.35. The molecule has 3 rings (SSSR count). The van der Waals surface area contributed by atoms with Gasteiger partial charge >= 0.3 is 0 Å². The summed E-state index contributed by atoms with van der Waals surface area (Å²) in [5, 5.41) is 2.77. The zero-order valence-corrected chi connectivity index (χ0v) is 15.7. The molecule has 0 N–H and O–H groups in total. The summed E-state index contributed by atoms with van der Waals surface area (Å²) in [4.78, 5) is 22.8. The van der Waals surface area contributed by atoms with Crippen LogP contribution in [0.1, 0.15) is 26.6 Å². The zero-order chi connectivity index (χ0) is 18.4. The predicted molar refractivity (Wildman–Crippen MR) is 103 cm³/mol. The van der Waals surface area contributed by atoms with Crippen molar-refractivity contribution in [2.24, 2.45) is 0 Å². The lowest BCUT2D eigenvalue weighted by Crippen LogP contribution is -2.29. The number of aromatic nitrogens is 2. The van der Waals surface area contributed by atoms with Crippen molar-refractivity contribution in [2.45, 2.75) is 12.8 Å². The van der Waals surface area contributed by atoms with Crippen LogP contribution < -0.4 is 4.74 Å². The van der Waals surface area contributed by atoms with Gasteiger partial charge in [0.05, 0.1) is 12.1 Å². The van der Waals surface area contributed by atoms with E-state index in [0.29, 0.717) is 18.7 Å². The Morgan fingerprint density at radius 2 is 1.85 bits per heavy atom. The first kappa shape index (κ1) is 18.1. The average Bonchev–Trinajstić information content (AvgIpc) is 3.15. The topological polar surface area (TPSA) is 55.3 Å². The molecule has 0 fully saturated rings. The lowest BCUT2D eigenvalue weighted by atomic mass is 10.1. The van der Waals surface area contributed by atoms with E-state index in [9.17, 15) is 4.79 Å². The van der Waals surface area contributed by atoms with Gasteiger partial charge in [-0.05, 0) is 41.8 Å². The summed E-state index contributed by atoms with van der Waals surface area (Å²) in [6, 6.07) is 11.8. The van der Waals surface area contributed by atoms with E-state index < -0.39 is 0 Å². The van der Waals surface area contributed by atoms with E-state index in [1.54, 1.807) is 24.4 Å². The second-order valence-electron chi connectivity index (χ2n) is 5.98. The molecule has 3 aromatic rings. The van der Waals surface area contributed by atoms with Gasteiger partial charge in [0, 0.05) is 37.8 Å². The highest BCUT2D eigenvalue weighted by Gasteiger charge is 2.15. The van der Waals surface area contributed by atoms with Crippen molar-refractivity contribution in [3.8, 4) is 5.75 Å². The van der Waals surface area contributed by atoms with Crippen LogP contribution >= 0.6 is 11.3 Å². The molecule has 0 saturated heterocycles. The predicted octanol–water partition coefficient (Wildman–Crippen LogP) is 3.45. The van der Waals surface area contributed by atoms with Crippen LogP contribution in [0.4, 0.5) is 0 Å². The molecule has 1 aromatic carbocycles. The van der Waals surface area contributed by atoms with Gasteiger partial charge in [0.25, 0.3) is 5.91 Å². The minimum Gasteiger partial charge on any atom is -0.497 e. The van der Waals surface area contributed by atoms with Crippen LogP contribution in [-0.2, 0) is 12.8 Å². The number of benzene rings is 1. The van der Waals surface area contributed by atoms with Gasteiger partial charge in [-0.15, -0.1) is 11.3 Å². The Morgan fingerprint density at radius 3 is 2.54 bits per heavy atom. The van der Waals surface area contributed by atoms with Crippen molar-refractivity contribution < 1.29 is 9.53 Å². The first-order chi connectivity index (χ1) is 12.7. The van der Waals surface area contributed by atoms with Gasteiger partial charge < -0.3 is 9.64 Å². The Kier molecular flexibility index (Phi) is 5.96. The Balaban J connectivity index is 1.58. The molecule has 0 unspecified atom stereocenters. The van der Waals surface area contributed by atoms with Crippen LogP contribution in [0.15, 0.2) is 54.2 Å². The van der Waals surface area contributed by atoms with Gasteiger partial charge in [0.15, 0.2) is 0 Å². The van der Waals surface area contributed by atoms with E-state index in [2.05, 4.69) is 9.97 Å². The molecule has 2 heterocycles. The summed E-state index contributed by atoms with van der Waals surface area (Å²) in [5.41, 5.74) is 2.82. The Morgan fingerprint density at radius 1 is 1.12 bits per heavy atom. The largest absolute Gasteiger partial charge is 0.497 e. The Hall–Kier alpha value is -2.73. The Labute approximate surface area is 157 Å². The van der Waals surface area contributed by atoms with E-state index in [4.69, 9.17) is 4.74 Å². The van der Waals surface area contributed by atoms with Gasteiger partial charge in [0.2, 0.25) is 0 Å². The molecule has 134 valence electrons. The van der Waals surface area contributed by atoms with Crippen LogP contribution in [0.2, 0.25) is 0 Å². The quantitative estimate of drug-likeness (QED) is 0.642. The highest BCUT2D eigenvalue weighted by atomic mass is 32.1. The summed E-state index contributed by atoms with van der Waals surface area (Å²) in [5.74, 6) is 0.788. The van der Waals surface area contributed by atoms with Gasteiger partial charge in [-0.25, -0.2) is 4.98 Å². The van der Waals surface area contributed by atoms with Crippen LogP contribution in [0.25, 0.3) is 0 Å². The molecule has 0 spiro atoms. The SMILES string of the molecule is COc1ccc(Cc2nc(C(=O)N(C)CCc3ccncc3)cs2)cc1. The molecule has 0 radical (unpaired) electrons. The first-order valence-corrected chi connectivity index (χ1v) is 9.25. The number of hydrogen-bond acceptors (Lipinski definition) is 5. The molecule has 5 nitrogen and oxygen atoms in total. The number of hydrogen-bond donors (Lipinski definition) is 0. The van der Waals surface area contributed by atoms with Crippen LogP contribution in [-0.4, -0.2) is 41.5 Å². The number of carbonyl (C=O) groups is 1. The maximum Gasteiger partial charge on any atom is 0.273 e. The first-order valence-electron chi connectivity index (χ1n) is 8.37. The Bertz CT molecular complexity index is 847. The number of amides is 1. The highest BCUT2D eigenvalue weighted by Crippen LogP contribution is 2.18. The van der Waals surface area contributed by atoms with Crippen molar-refractivity contribution in [2.75, 3.05) is 20.7 Å². The third kappa shape index (κ3) is 4.67. The number of pyridine rings is 1. The summed E-state index contributed by atoms with van der Waals surface area (Å²) in [6.45, 7) is 0.647. The number of thiazole rings is 1. The zero-order valence-electron chi connectivity index (χ0n) is 14.9. The standard InChI is InChI=1S/C20H21N3O2S/c1-23(12-9-15-7-10-21-11-8-15)20(24)18-14-26-19(22-18)13-16-3-5-17(25-2)6-4-16/h3-8,10-11,14H,9,12-13H2,1-2H3. The number of carbonyl (C=O) groups excluding carboxylic acids is 1. The molecule has 0 saturated carbocycles. The monoisotopic (exact) mass is 367 g/mol. The summed E-state index contributed by atoms with van der Waals surface area (Å²) in [7, 11) is 3.46. The maximum absolute atomic E-state index is 12.6. The molecule has 0 aliphatic rings. The van der Waals surface area contributed by atoms with Crippen molar-refractivity contribution in [1.29, 1.82) is 0 Å². The highest BCUT2D eigenvalue weighted by molar-refractivity contribution is 7.09. The molecular weight excluding hydrogens is 346 g/mol. The third-order valence-electron chi connectivity index (χ3n) is 4.12. The van der Waals surface area contributed by atoms with Gasteiger partial charge in [-0.1, -0.05) is 12.1 Å². The molecule has 0 bridgehead atoms. The van der Waals surface area contributed by atoms with E-state index in [1.807, 2.05) is 48.8 Å². The van der Waals surface area contributed by atoms with E-state index in [0.717, 1.165) is 28.3 Å². The van der Waals surface area contributed by atoms with E-state index >= 15 is 0 Å². The number of rotatable bonds is 7. The van der Waals surface area contributed by atoms with Gasteiger partial charge in [0.1, 0.15) is 11.4 Å². The van der Waals surface area contributed by atoms with Crippen LogP contribution in [0.5, 0.6) is 5.75 Å². The molecular formula is C20H21N3O2S. The molecule has 0 aliphatic carbocycles. The fourth-order valence-electron chi connectivity index (χ4n) is 2.55. The number of methoxy groups -OCH3 is 1. The molecule has 6 heteroatoms. The molecule has 0 atom stereocenters. The summed E-state index contributed by atoms with van der Waals surface area (Å²) < 4.78 is 5.17. The molecule has 26 heavy (non-hydrogen) atoms. The molecule has 2 aromatic heterocycles. The smallest absolute Gasteiger partial charge is 0.273 e. The fraction of sp³-hybridized carbons (Fsp3) is 0.250. The third-order valence-corrected chi connectivity index (χ3v) is 4.97. The van der Waals surface area contributed by atoms with Crippen LogP contribution in [0, 0.1) is 0 Å². The molecule has 0 aliphatic heterocycles. The summed E-state index contributed by atoms with van der Waals surface area (Å²) >= 11 is 1.52. The van der Waals surface area contributed by atoms with Crippen molar-refractivity contribution in [1.82, 2.24) is 14.9 Å². The summed E-state index contributed by atoms with van der Waals surface area (Å²) in [6.07, 6.45) is 5.04. The average molecular weight is 367 g/mol. The lowest BCUT2D eigenvalue weighted by molar-refractivity contribution is 0.0791. The second kappa shape index (κ2) is 8.58. The van der Waals surface area contributed by atoms with Crippen LogP contribution in [0.3, 0.4) is 0 Å². The van der Waals surface area contributed by atoms with Crippen molar-refractivity contribution in [3.63, 3.8) is 0 Å².